The van der Waals surface area contributed by atoms with Crippen molar-refractivity contribution in [1.29, 1.82) is 0 Å². The molecule has 1 rings (SSSR count). The molecule has 1 aliphatic rings. The summed E-state index contributed by atoms with van der Waals surface area (Å²) in [7, 11) is 2.26. The van der Waals surface area contributed by atoms with Gasteiger partial charge < -0.3 is 10.2 Å². The Hall–Kier alpha value is -0.0800. The second kappa shape index (κ2) is 4.63. The first-order chi connectivity index (χ1) is 6.47. The van der Waals surface area contributed by atoms with Crippen molar-refractivity contribution >= 4 is 0 Å². The molecule has 1 N–H and O–H groups in total. The molecule has 0 aliphatic carbocycles. The number of hydrogen-bond acceptors (Lipinski definition) is 2. The lowest BCUT2D eigenvalue weighted by Gasteiger charge is -2.40. The first-order valence-corrected chi connectivity index (χ1v) is 5.89. The molecule has 14 heavy (non-hydrogen) atoms. The van der Waals surface area contributed by atoms with Gasteiger partial charge in [-0.1, -0.05) is 13.8 Å². The monoisotopic (exact) mass is 198 g/mol. The predicted molar refractivity (Wildman–Crippen MR) is 62.5 cm³/mol. The van der Waals surface area contributed by atoms with Gasteiger partial charge in [-0.3, -0.25) is 0 Å². The standard InChI is InChI=1S/C12H26N2/c1-6-12(3,4)14(5)9-10(2)11-7-13-8-11/h10-11,13H,6-9H2,1-5H3. The maximum Gasteiger partial charge on any atom is 0.0147 e. The van der Waals surface area contributed by atoms with E-state index < -0.39 is 0 Å². The fraction of sp³-hybridized carbons (Fsp3) is 1.00. The summed E-state index contributed by atoms with van der Waals surface area (Å²) in [5.74, 6) is 1.73. The van der Waals surface area contributed by atoms with E-state index in [1.54, 1.807) is 0 Å². The van der Waals surface area contributed by atoms with E-state index in [9.17, 15) is 0 Å². The van der Waals surface area contributed by atoms with Crippen LogP contribution in [-0.2, 0) is 0 Å². The zero-order chi connectivity index (χ0) is 10.8. The first-order valence-electron chi connectivity index (χ1n) is 5.89. The average Bonchev–Trinajstić information content (AvgIpc) is 2.00. The van der Waals surface area contributed by atoms with Crippen LogP contribution in [0.25, 0.3) is 0 Å². The average molecular weight is 198 g/mol. The molecule has 0 aromatic carbocycles. The Morgan fingerprint density at radius 1 is 1.43 bits per heavy atom. The molecular formula is C12H26N2. The summed E-state index contributed by atoms with van der Waals surface area (Å²) in [6.07, 6.45) is 1.22. The Morgan fingerprint density at radius 2 is 2.00 bits per heavy atom. The summed E-state index contributed by atoms with van der Waals surface area (Å²) < 4.78 is 0. The number of nitrogens with one attached hydrogen (secondary N) is 1. The Morgan fingerprint density at radius 3 is 2.36 bits per heavy atom. The largest absolute Gasteiger partial charge is 0.316 e. The van der Waals surface area contributed by atoms with Gasteiger partial charge in [0, 0.05) is 12.1 Å². The minimum absolute atomic E-state index is 0.353. The molecule has 1 saturated heterocycles. The third-order valence-corrected chi connectivity index (χ3v) is 4.08. The number of nitrogens with zero attached hydrogens (tertiary/aromatic N) is 1. The number of hydrogen-bond donors (Lipinski definition) is 1. The van der Waals surface area contributed by atoms with Crippen LogP contribution in [0.15, 0.2) is 0 Å². The minimum Gasteiger partial charge on any atom is -0.316 e. The molecule has 1 heterocycles. The predicted octanol–water partition coefficient (Wildman–Crippen LogP) is 1.96. The van der Waals surface area contributed by atoms with Gasteiger partial charge in [0.15, 0.2) is 0 Å². The van der Waals surface area contributed by atoms with Gasteiger partial charge >= 0.3 is 0 Å². The van der Waals surface area contributed by atoms with Crippen LogP contribution in [0.5, 0.6) is 0 Å². The molecule has 2 heteroatoms. The van der Waals surface area contributed by atoms with Gasteiger partial charge in [0.05, 0.1) is 0 Å². The summed E-state index contributed by atoms with van der Waals surface area (Å²) in [4.78, 5) is 2.51. The van der Waals surface area contributed by atoms with E-state index >= 15 is 0 Å². The fourth-order valence-corrected chi connectivity index (χ4v) is 1.81. The Kier molecular flexibility index (Phi) is 3.96. The quantitative estimate of drug-likeness (QED) is 0.726. The van der Waals surface area contributed by atoms with Crippen LogP contribution in [0.4, 0.5) is 0 Å². The Bertz CT molecular complexity index is 173. The van der Waals surface area contributed by atoms with Crippen LogP contribution in [0, 0.1) is 11.8 Å². The SMILES string of the molecule is CCC(C)(C)N(C)CC(C)C1CNC1. The maximum absolute atomic E-state index is 3.35. The van der Waals surface area contributed by atoms with Crippen LogP contribution >= 0.6 is 0 Å². The van der Waals surface area contributed by atoms with Crippen molar-refractivity contribution in [1.82, 2.24) is 10.2 Å². The molecule has 0 aromatic rings. The van der Waals surface area contributed by atoms with Gasteiger partial charge in [0.25, 0.3) is 0 Å². The lowest BCUT2D eigenvalue weighted by molar-refractivity contribution is 0.102. The highest BCUT2D eigenvalue weighted by atomic mass is 15.2. The van der Waals surface area contributed by atoms with E-state index in [0.717, 1.165) is 11.8 Å². The van der Waals surface area contributed by atoms with Gasteiger partial charge in [-0.05, 0) is 52.2 Å². The normalized spacial score (nSPS) is 21.0. The van der Waals surface area contributed by atoms with Gasteiger partial charge in [-0.2, -0.15) is 0 Å². The Labute approximate surface area is 89.1 Å². The second-order valence-corrected chi connectivity index (χ2v) is 5.44. The van der Waals surface area contributed by atoms with Crippen LogP contribution < -0.4 is 5.32 Å². The number of rotatable bonds is 5. The van der Waals surface area contributed by atoms with E-state index in [4.69, 9.17) is 0 Å². The second-order valence-electron chi connectivity index (χ2n) is 5.44. The molecule has 0 saturated carbocycles. The molecule has 1 aliphatic heterocycles. The highest BCUT2D eigenvalue weighted by molar-refractivity contribution is 4.84. The van der Waals surface area contributed by atoms with Gasteiger partial charge in [0.1, 0.15) is 0 Å². The smallest absolute Gasteiger partial charge is 0.0147 e. The molecule has 0 bridgehead atoms. The van der Waals surface area contributed by atoms with Crippen LogP contribution in [0.1, 0.15) is 34.1 Å². The lowest BCUT2D eigenvalue weighted by Crippen LogP contribution is -2.50. The molecule has 1 atom stereocenters. The van der Waals surface area contributed by atoms with E-state index in [2.05, 4.69) is 45.0 Å². The summed E-state index contributed by atoms with van der Waals surface area (Å²) in [5, 5.41) is 3.35. The van der Waals surface area contributed by atoms with E-state index in [-0.39, 0.29) is 0 Å². The first kappa shape index (κ1) is 12.0. The van der Waals surface area contributed by atoms with Gasteiger partial charge in [0.2, 0.25) is 0 Å². The lowest BCUT2D eigenvalue weighted by atomic mass is 9.87. The third kappa shape index (κ3) is 2.71. The van der Waals surface area contributed by atoms with Gasteiger partial charge in [-0.15, -0.1) is 0 Å². The highest BCUT2D eigenvalue weighted by Crippen LogP contribution is 2.22. The van der Waals surface area contributed by atoms with Crippen molar-refractivity contribution in [2.75, 3.05) is 26.7 Å². The molecule has 84 valence electrons. The van der Waals surface area contributed by atoms with Crippen molar-refractivity contribution in [3.63, 3.8) is 0 Å². The molecule has 0 aromatic heterocycles. The van der Waals surface area contributed by atoms with Crippen molar-refractivity contribution in [2.24, 2.45) is 11.8 Å². The van der Waals surface area contributed by atoms with Gasteiger partial charge in [-0.25, -0.2) is 0 Å². The van der Waals surface area contributed by atoms with Crippen LogP contribution in [0.2, 0.25) is 0 Å². The van der Waals surface area contributed by atoms with E-state index in [1.165, 1.54) is 26.1 Å². The third-order valence-electron chi connectivity index (χ3n) is 4.08. The van der Waals surface area contributed by atoms with Crippen molar-refractivity contribution in [3.05, 3.63) is 0 Å². The molecule has 0 spiro atoms. The molecular weight excluding hydrogens is 172 g/mol. The molecule has 0 radical (unpaired) electrons. The van der Waals surface area contributed by atoms with E-state index in [1.807, 2.05) is 0 Å². The summed E-state index contributed by atoms with van der Waals surface area (Å²) in [6, 6.07) is 0. The summed E-state index contributed by atoms with van der Waals surface area (Å²) >= 11 is 0. The molecule has 2 nitrogen and oxygen atoms in total. The molecule has 1 fully saturated rings. The van der Waals surface area contributed by atoms with Crippen molar-refractivity contribution in [3.8, 4) is 0 Å². The summed E-state index contributed by atoms with van der Waals surface area (Å²) in [5.41, 5.74) is 0.353. The van der Waals surface area contributed by atoms with Crippen LogP contribution in [-0.4, -0.2) is 37.1 Å². The molecule has 0 amide bonds. The summed E-state index contributed by atoms with van der Waals surface area (Å²) in [6.45, 7) is 13.0. The maximum atomic E-state index is 3.35. The topological polar surface area (TPSA) is 15.3 Å². The van der Waals surface area contributed by atoms with Crippen molar-refractivity contribution in [2.45, 2.75) is 39.7 Å². The molecule has 1 unspecified atom stereocenters. The zero-order valence-corrected chi connectivity index (χ0v) is 10.4. The van der Waals surface area contributed by atoms with Crippen LogP contribution in [0.3, 0.4) is 0 Å². The highest BCUT2D eigenvalue weighted by Gasteiger charge is 2.28. The minimum atomic E-state index is 0.353. The van der Waals surface area contributed by atoms with E-state index in [0.29, 0.717) is 5.54 Å². The fourth-order valence-electron chi connectivity index (χ4n) is 1.81. The zero-order valence-electron chi connectivity index (χ0n) is 10.4. The Balaban J connectivity index is 2.34. The van der Waals surface area contributed by atoms with Crippen molar-refractivity contribution < 1.29 is 0 Å².